The Kier molecular flexibility index (Phi) is 13.7. The van der Waals surface area contributed by atoms with E-state index in [1.807, 2.05) is 4.90 Å². The van der Waals surface area contributed by atoms with E-state index >= 15 is 0 Å². The van der Waals surface area contributed by atoms with Gasteiger partial charge in [-0.2, -0.15) is 17.5 Å². The van der Waals surface area contributed by atoms with E-state index in [0.29, 0.717) is 23.1 Å². The van der Waals surface area contributed by atoms with Gasteiger partial charge in [0.1, 0.15) is 0 Å². The number of piperazine rings is 1. The van der Waals surface area contributed by atoms with Crippen LogP contribution in [0.25, 0.3) is 0 Å². The molecule has 51 heavy (non-hydrogen) atoms. The number of sulfonamides is 2. The van der Waals surface area contributed by atoms with Crippen LogP contribution in [0.2, 0.25) is 10.0 Å². The standard InChI is InChI=1S/C28H32Cl2N6O6S2.C2HF3O2/c1-34(43(2,39)40)26-8-3-19(27(37)32-10-9-31)15-25(26)28(38)33-22-4-6-24(7-5-22)44(41,42)36-13-11-35(12-14-36)23-17-20(29)16-21(30)18-23;3-2(4,5)1(6)7/h3-8,15-18H,9-14,31H2,1-2H3,(H,32,37)(H,33,38);(H,6,7). The van der Waals surface area contributed by atoms with Gasteiger partial charge in [-0.05, 0) is 60.7 Å². The number of aliphatic carboxylic acids is 1. The predicted octanol–water partition coefficient (Wildman–Crippen LogP) is 3.47. The van der Waals surface area contributed by atoms with Gasteiger partial charge in [0.25, 0.3) is 11.8 Å². The van der Waals surface area contributed by atoms with Gasteiger partial charge >= 0.3 is 12.1 Å². The highest BCUT2D eigenvalue weighted by atomic mass is 35.5. The Morgan fingerprint density at radius 2 is 1.45 bits per heavy atom. The van der Waals surface area contributed by atoms with Crippen molar-refractivity contribution < 1.29 is 49.5 Å². The highest BCUT2D eigenvalue weighted by Crippen LogP contribution is 2.28. The molecule has 278 valence electrons. The van der Waals surface area contributed by atoms with Crippen LogP contribution in [0, 0.1) is 0 Å². The number of nitrogens with two attached hydrogens (primary N) is 1. The maximum atomic E-state index is 13.4. The molecule has 1 heterocycles. The number of hydrogen-bond donors (Lipinski definition) is 4. The zero-order valence-electron chi connectivity index (χ0n) is 26.9. The van der Waals surface area contributed by atoms with Crippen molar-refractivity contribution >= 4 is 78.1 Å². The molecule has 4 rings (SSSR count). The van der Waals surface area contributed by atoms with Crippen LogP contribution in [0.15, 0.2) is 65.6 Å². The quantitative estimate of drug-likeness (QED) is 0.236. The number of nitrogens with one attached hydrogen (secondary N) is 2. The van der Waals surface area contributed by atoms with Gasteiger partial charge in [0.15, 0.2) is 0 Å². The van der Waals surface area contributed by atoms with E-state index in [2.05, 4.69) is 10.6 Å². The topological polar surface area (TPSA) is 200 Å². The van der Waals surface area contributed by atoms with Crippen molar-refractivity contribution in [3.8, 4) is 0 Å². The van der Waals surface area contributed by atoms with Crippen molar-refractivity contribution in [2.45, 2.75) is 11.1 Å². The van der Waals surface area contributed by atoms with E-state index in [9.17, 15) is 39.6 Å². The average Bonchev–Trinajstić information content (AvgIpc) is 3.06. The molecule has 5 N–H and O–H groups in total. The monoisotopic (exact) mass is 796 g/mol. The second kappa shape index (κ2) is 16.9. The third kappa shape index (κ3) is 11.2. The summed E-state index contributed by atoms with van der Waals surface area (Å²) in [4.78, 5) is 36.8. The van der Waals surface area contributed by atoms with Gasteiger partial charge in [-0.25, -0.2) is 21.6 Å². The first-order valence-electron chi connectivity index (χ1n) is 14.6. The number of hydrogen-bond acceptors (Lipinski definition) is 9. The molecule has 21 heteroatoms. The lowest BCUT2D eigenvalue weighted by Crippen LogP contribution is -2.48. The molecular formula is C30H33Cl2F3N6O8S2. The first-order chi connectivity index (χ1) is 23.6. The molecule has 1 aliphatic rings. The van der Waals surface area contributed by atoms with E-state index in [0.717, 1.165) is 16.2 Å². The lowest BCUT2D eigenvalue weighted by molar-refractivity contribution is -0.192. The molecule has 1 saturated heterocycles. The molecular weight excluding hydrogens is 764 g/mol. The minimum Gasteiger partial charge on any atom is -0.475 e. The van der Waals surface area contributed by atoms with Crippen molar-refractivity contribution in [3.05, 3.63) is 81.8 Å². The van der Waals surface area contributed by atoms with Crippen LogP contribution in [-0.2, 0) is 24.8 Å². The molecule has 0 bridgehead atoms. The Labute approximate surface area is 302 Å². The van der Waals surface area contributed by atoms with Gasteiger partial charge < -0.3 is 26.4 Å². The molecule has 3 aromatic carbocycles. The van der Waals surface area contributed by atoms with Gasteiger partial charge in [0.05, 0.1) is 22.4 Å². The summed E-state index contributed by atoms with van der Waals surface area (Å²) in [6.07, 6.45) is -4.09. The van der Waals surface area contributed by atoms with E-state index < -0.39 is 44.0 Å². The zero-order chi connectivity index (χ0) is 38.3. The van der Waals surface area contributed by atoms with Gasteiger partial charge in [0, 0.05) is 73.3 Å². The first-order valence-corrected chi connectivity index (χ1v) is 18.7. The van der Waals surface area contributed by atoms with Crippen LogP contribution in [0.4, 0.5) is 30.2 Å². The molecule has 3 aromatic rings. The fourth-order valence-corrected chi connectivity index (χ4v) is 7.02. The fourth-order valence-electron chi connectivity index (χ4n) is 4.57. The Hall–Kier alpha value is -4.14. The predicted molar refractivity (Wildman–Crippen MR) is 187 cm³/mol. The fraction of sp³-hybridized carbons (Fsp3) is 0.300. The van der Waals surface area contributed by atoms with Crippen molar-refractivity contribution in [2.24, 2.45) is 5.73 Å². The minimum atomic E-state index is -5.08. The molecule has 0 spiro atoms. The number of nitrogens with zero attached hydrogens (tertiary/aromatic N) is 3. The lowest BCUT2D eigenvalue weighted by Gasteiger charge is -2.35. The minimum absolute atomic E-state index is 0.0471. The Morgan fingerprint density at radius 3 is 1.94 bits per heavy atom. The molecule has 0 aliphatic carbocycles. The van der Waals surface area contributed by atoms with E-state index in [-0.39, 0.29) is 53.6 Å². The number of anilines is 3. The summed E-state index contributed by atoms with van der Waals surface area (Å²) < 4.78 is 85.2. The van der Waals surface area contributed by atoms with Gasteiger partial charge in [-0.3, -0.25) is 13.9 Å². The van der Waals surface area contributed by atoms with Crippen LogP contribution in [0.1, 0.15) is 20.7 Å². The second-order valence-corrected chi connectivity index (χ2v) is 15.6. The molecule has 0 saturated carbocycles. The highest BCUT2D eigenvalue weighted by Gasteiger charge is 2.38. The number of halogens is 5. The second-order valence-electron chi connectivity index (χ2n) is 10.8. The lowest BCUT2D eigenvalue weighted by atomic mass is 10.1. The first kappa shape index (κ1) is 41.3. The summed E-state index contributed by atoms with van der Waals surface area (Å²) in [7, 11) is -6.27. The van der Waals surface area contributed by atoms with Crippen molar-refractivity contribution in [3.63, 3.8) is 0 Å². The summed E-state index contributed by atoms with van der Waals surface area (Å²) in [5.74, 6) is -3.94. The number of carbonyl (C=O) groups excluding carboxylic acids is 2. The molecule has 0 aromatic heterocycles. The van der Waals surface area contributed by atoms with Gasteiger partial charge in [-0.1, -0.05) is 23.2 Å². The molecule has 0 unspecified atom stereocenters. The van der Waals surface area contributed by atoms with Gasteiger partial charge in [0.2, 0.25) is 20.0 Å². The van der Waals surface area contributed by atoms with E-state index in [1.54, 1.807) is 18.2 Å². The number of benzene rings is 3. The highest BCUT2D eigenvalue weighted by molar-refractivity contribution is 7.92. The van der Waals surface area contributed by atoms with Crippen molar-refractivity contribution in [1.29, 1.82) is 0 Å². The summed E-state index contributed by atoms with van der Waals surface area (Å²) in [5, 5.41) is 13.4. The Balaban J connectivity index is 0.000000908. The van der Waals surface area contributed by atoms with Crippen LogP contribution >= 0.6 is 23.2 Å². The molecule has 1 aliphatic heterocycles. The Bertz CT molecular complexity index is 1960. The van der Waals surface area contributed by atoms with Crippen LogP contribution in [0.5, 0.6) is 0 Å². The Morgan fingerprint density at radius 1 is 0.902 bits per heavy atom. The number of rotatable bonds is 10. The molecule has 2 amide bonds. The van der Waals surface area contributed by atoms with E-state index in [4.69, 9.17) is 38.8 Å². The smallest absolute Gasteiger partial charge is 0.475 e. The number of amides is 2. The SMILES string of the molecule is CN(c1ccc(C(=O)NCCN)cc1C(=O)Nc1ccc(S(=O)(=O)N2CCN(c3cc(Cl)cc(Cl)c3)CC2)cc1)S(C)(=O)=O.O=C(O)C(F)(F)F. The zero-order valence-corrected chi connectivity index (χ0v) is 30.1. The molecule has 0 radical (unpaired) electrons. The number of carbonyl (C=O) groups is 3. The van der Waals surface area contributed by atoms with E-state index in [1.165, 1.54) is 53.8 Å². The number of carboxylic acid groups (broad SMARTS) is 1. The largest absolute Gasteiger partial charge is 0.490 e. The summed E-state index contributed by atoms with van der Waals surface area (Å²) in [6.45, 7) is 1.81. The number of alkyl halides is 3. The van der Waals surface area contributed by atoms with Crippen LogP contribution in [0.3, 0.4) is 0 Å². The maximum Gasteiger partial charge on any atom is 0.490 e. The third-order valence-electron chi connectivity index (χ3n) is 7.21. The summed E-state index contributed by atoms with van der Waals surface area (Å²) >= 11 is 12.2. The summed E-state index contributed by atoms with van der Waals surface area (Å²) in [6, 6.07) is 14.9. The molecule has 14 nitrogen and oxygen atoms in total. The third-order valence-corrected chi connectivity index (χ3v) is 10.8. The maximum absolute atomic E-state index is 13.4. The number of carboxylic acids is 1. The average molecular weight is 798 g/mol. The normalized spacial score (nSPS) is 13.8. The van der Waals surface area contributed by atoms with Crippen molar-refractivity contribution in [1.82, 2.24) is 9.62 Å². The molecule has 0 atom stereocenters. The molecule has 1 fully saturated rings. The van der Waals surface area contributed by atoms with Crippen molar-refractivity contribution in [2.75, 3.05) is 67.1 Å². The van der Waals surface area contributed by atoms with Crippen LogP contribution in [-0.4, -0.2) is 103 Å². The van der Waals surface area contributed by atoms with Crippen LogP contribution < -0.4 is 25.6 Å². The van der Waals surface area contributed by atoms with Gasteiger partial charge in [-0.15, -0.1) is 0 Å². The summed E-state index contributed by atoms with van der Waals surface area (Å²) in [5.41, 5.74) is 6.64.